The molecule has 0 aliphatic carbocycles. The van der Waals surface area contributed by atoms with Gasteiger partial charge < -0.3 is 14.8 Å². The van der Waals surface area contributed by atoms with Crippen molar-refractivity contribution in [2.24, 2.45) is 0 Å². The molecular weight excluding hydrogens is 372 g/mol. The number of hydrogen-bond acceptors (Lipinski definition) is 7. The van der Waals surface area contributed by atoms with Crippen LogP contribution in [-0.2, 0) is 27.3 Å². The van der Waals surface area contributed by atoms with E-state index in [2.05, 4.69) is 10.3 Å². The van der Waals surface area contributed by atoms with Gasteiger partial charge in [0, 0.05) is 11.9 Å². The Morgan fingerprint density at radius 1 is 1.31 bits per heavy atom. The lowest BCUT2D eigenvalue weighted by Crippen LogP contribution is -2.30. The number of ether oxygens (including phenoxy) is 2. The van der Waals surface area contributed by atoms with Crippen molar-refractivity contribution >= 4 is 35.0 Å². The standard InChI is InChI=1S/C18H22N2O4S2/c1-4-24-16(21)9-14-11-25-18(20-14)26-12(2)17(22)19-10-13-5-7-15(23-3)8-6-13/h5-8,11-12H,4,9-10H2,1-3H3,(H,19,22)/t12-/m1/s1. The maximum Gasteiger partial charge on any atom is 0.311 e. The molecule has 1 aromatic carbocycles. The maximum absolute atomic E-state index is 12.3. The van der Waals surface area contributed by atoms with Gasteiger partial charge in [-0.2, -0.15) is 0 Å². The Bertz CT molecular complexity index is 731. The van der Waals surface area contributed by atoms with Gasteiger partial charge in [-0.15, -0.1) is 11.3 Å². The van der Waals surface area contributed by atoms with Crippen LogP contribution in [0.3, 0.4) is 0 Å². The van der Waals surface area contributed by atoms with Crippen LogP contribution in [0.15, 0.2) is 34.0 Å². The van der Waals surface area contributed by atoms with Crippen LogP contribution in [0, 0.1) is 0 Å². The summed E-state index contributed by atoms with van der Waals surface area (Å²) in [7, 11) is 1.62. The first kappa shape index (κ1) is 20.3. The van der Waals surface area contributed by atoms with Crippen molar-refractivity contribution in [3.05, 3.63) is 40.9 Å². The molecule has 0 saturated carbocycles. The fourth-order valence-electron chi connectivity index (χ4n) is 2.06. The molecule has 0 saturated heterocycles. The Kier molecular flexibility index (Phi) is 7.93. The first-order valence-electron chi connectivity index (χ1n) is 8.19. The van der Waals surface area contributed by atoms with Gasteiger partial charge in [-0.3, -0.25) is 9.59 Å². The number of nitrogens with one attached hydrogen (secondary N) is 1. The van der Waals surface area contributed by atoms with Gasteiger partial charge in [0.05, 0.1) is 31.1 Å². The Morgan fingerprint density at radius 2 is 2.04 bits per heavy atom. The summed E-state index contributed by atoms with van der Waals surface area (Å²) in [4.78, 5) is 28.1. The summed E-state index contributed by atoms with van der Waals surface area (Å²) in [6, 6.07) is 7.56. The number of amides is 1. The monoisotopic (exact) mass is 394 g/mol. The number of carbonyl (C=O) groups is 2. The van der Waals surface area contributed by atoms with Crippen molar-refractivity contribution < 1.29 is 19.1 Å². The lowest BCUT2D eigenvalue weighted by molar-refractivity contribution is -0.142. The van der Waals surface area contributed by atoms with Gasteiger partial charge in [-0.25, -0.2) is 4.98 Å². The summed E-state index contributed by atoms with van der Waals surface area (Å²) in [5, 5.41) is 4.45. The molecule has 2 aromatic rings. The van der Waals surface area contributed by atoms with Gasteiger partial charge in [0.25, 0.3) is 0 Å². The normalized spacial score (nSPS) is 11.7. The first-order valence-corrected chi connectivity index (χ1v) is 9.95. The van der Waals surface area contributed by atoms with E-state index in [1.54, 1.807) is 14.0 Å². The van der Waals surface area contributed by atoms with Crippen LogP contribution in [0.25, 0.3) is 0 Å². The van der Waals surface area contributed by atoms with Crippen molar-refractivity contribution in [1.29, 1.82) is 0 Å². The third-order valence-electron chi connectivity index (χ3n) is 3.43. The number of rotatable bonds is 9. The number of nitrogens with zero attached hydrogens (tertiary/aromatic N) is 1. The van der Waals surface area contributed by atoms with Crippen molar-refractivity contribution in [2.75, 3.05) is 13.7 Å². The maximum atomic E-state index is 12.3. The van der Waals surface area contributed by atoms with E-state index in [0.29, 0.717) is 18.8 Å². The molecule has 0 bridgehead atoms. The van der Waals surface area contributed by atoms with Gasteiger partial charge in [0.2, 0.25) is 5.91 Å². The second-order valence-electron chi connectivity index (χ2n) is 5.41. The minimum absolute atomic E-state index is 0.0621. The summed E-state index contributed by atoms with van der Waals surface area (Å²) in [5.41, 5.74) is 1.67. The zero-order chi connectivity index (χ0) is 18.9. The number of esters is 1. The van der Waals surface area contributed by atoms with Crippen LogP contribution in [0.1, 0.15) is 25.1 Å². The lowest BCUT2D eigenvalue weighted by Gasteiger charge is -2.11. The molecule has 0 aliphatic rings. The molecule has 1 aromatic heterocycles. The largest absolute Gasteiger partial charge is 0.497 e. The molecule has 26 heavy (non-hydrogen) atoms. The predicted octanol–water partition coefficient (Wildman–Crippen LogP) is 3.05. The van der Waals surface area contributed by atoms with Crippen molar-refractivity contribution in [3.63, 3.8) is 0 Å². The Hall–Kier alpha value is -2.06. The van der Waals surface area contributed by atoms with E-state index in [1.807, 2.05) is 36.6 Å². The number of thiazole rings is 1. The number of methoxy groups -OCH3 is 1. The zero-order valence-corrected chi connectivity index (χ0v) is 16.6. The molecule has 1 amide bonds. The lowest BCUT2D eigenvalue weighted by atomic mass is 10.2. The van der Waals surface area contributed by atoms with Crippen LogP contribution in [-0.4, -0.2) is 35.8 Å². The number of hydrogen-bond donors (Lipinski definition) is 1. The predicted molar refractivity (Wildman–Crippen MR) is 103 cm³/mol. The highest BCUT2D eigenvalue weighted by atomic mass is 32.2. The fraction of sp³-hybridized carbons (Fsp3) is 0.389. The van der Waals surface area contributed by atoms with E-state index < -0.39 is 0 Å². The average molecular weight is 395 g/mol. The smallest absolute Gasteiger partial charge is 0.311 e. The van der Waals surface area contributed by atoms with Gasteiger partial charge >= 0.3 is 5.97 Å². The van der Waals surface area contributed by atoms with Gasteiger partial charge in [-0.05, 0) is 31.5 Å². The summed E-state index contributed by atoms with van der Waals surface area (Å²) >= 11 is 2.80. The van der Waals surface area contributed by atoms with Crippen LogP contribution in [0.2, 0.25) is 0 Å². The number of thioether (sulfide) groups is 1. The Morgan fingerprint density at radius 3 is 2.69 bits per heavy atom. The molecule has 1 N–H and O–H groups in total. The van der Waals surface area contributed by atoms with E-state index in [0.717, 1.165) is 15.7 Å². The number of benzene rings is 1. The van der Waals surface area contributed by atoms with Crippen LogP contribution >= 0.6 is 23.1 Å². The third kappa shape index (κ3) is 6.34. The second kappa shape index (κ2) is 10.2. The van der Waals surface area contributed by atoms with Crippen molar-refractivity contribution in [3.8, 4) is 5.75 Å². The van der Waals surface area contributed by atoms with Gasteiger partial charge in [0.1, 0.15) is 5.75 Å². The SMILES string of the molecule is CCOC(=O)Cc1csc(S[C@H](C)C(=O)NCc2ccc(OC)cc2)n1. The molecule has 140 valence electrons. The van der Waals surface area contributed by atoms with Crippen molar-refractivity contribution in [1.82, 2.24) is 10.3 Å². The molecule has 1 heterocycles. The quantitative estimate of drug-likeness (QED) is 0.520. The van der Waals surface area contributed by atoms with E-state index in [1.165, 1.54) is 23.1 Å². The molecule has 1 atom stereocenters. The Labute approximate surface area is 161 Å². The summed E-state index contributed by atoms with van der Waals surface area (Å²) in [6.45, 7) is 4.42. The minimum Gasteiger partial charge on any atom is -0.497 e. The number of carbonyl (C=O) groups excluding carboxylic acids is 2. The zero-order valence-electron chi connectivity index (χ0n) is 15.0. The van der Waals surface area contributed by atoms with E-state index in [9.17, 15) is 9.59 Å². The van der Waals surface area contributed by atoms with E-state index >= 15 is 0 Å². The van der Waals surface area contributed by atoms with Gasteiger partial charge in [-0.1, -0.05) is 23.9 Å². The Balaban J connectivity index is 1.80. The highest BCUT2D eigenvalue weighted by Gasteiger charge is 2.17. The topological polar surface area (TPSA) is 77.5 Å². The molecule has 6 nitrogen and oxygen atoms in total. The minimum atomic E-state index is -0.292. The highest BCUT2D eigenvalue weighted by Crippen LogP contribution is 2.27. The van der Waals surface area contributed by atoms with Crippen LogP contribution in [0.4, 0.5) is 0 Å². The molecular formula is C18H22N2O4S2. The molecule has 8 heteroatoms. The van der Waals surface area contributed by atoms with E-state index in [-0.39, 0.29) is 23.5 Å². The molecule has 0 unspecified atom stereocenters. The van der Waals surface area contributed by atoms with Crippen LogP contribution in [0.5, 0.6) is 5.75 Å². The summed E-state index contributed by atoms with van der Waals surface area (Å²) in [5.74, 6) is 0.430. The molecule has 0 spiro atoms. The third-order valence-corrected chi connectivity index (χ3v) is 5.55. The number of aromatic nitrogens is 1. The van der Waals surface area contributed by atoms with Crippen LogP contribution < -0.4 is 10.1 Å². The molecule has 0 aliphatic heterocycles. The first-order chi connectivity index (χ1) is 12.5. The van der Waals surface area contributed by atoms with E-state index in [4.69, 9.17) is 9.47 Å². The van der Waals surface area contributed by atoms with Gasteiger partial charge in [0.15, 0.2) is 4.34 Å². The fourth-order valence-corrected chi connectivity index (χ4v) is 4.07. The van der Waals surface area contributed by atoms with Crippen molar-refractivity contribution in [2.45, 2.75) is 36.4 Å². The average Bonchev–Trinajstić information content (AvgIpc) is 3.06. The molecule has 2 rings (SSSR count). The molecule has 0 fully saturated rings. The highest BCUT2D eigenvalue weighted by molar-refractivity contribution is 8.02. The molecule has 0 radical (unpaired) electrons. The summed E-state index contributed by atoms with van der Waals surface area (Å²) < 4.78 is 10.8. The summed E-state index contributed by atoms with van der Waals surface area (Å²) in [6.07, 6.45) is 0.156. The second-order valence-corrected chi connectivity index (χ2v) is 7.86.